The van der Waals surface area contributed by atoms with Crippen molar-refractivity contribution in [3.63, 3.8) is 0 Å². The first kappa shape index (κ1) is 10.5. The molecule has 2 nitrogen and oxygen atoms in total. The van der Waals surface area contributed by atoms with E-state index in [4.69, 9.17) is 5.73 Å². The van der Waals surface area contributed by atoms with Gasteiger partial charge in [0.25, 0.3) is 0 Å². The topological polar surface area (TPSA) is 38.0 Å². The van der Waals surface area contributed by atoms with Crippen molar-refractivity contribution in [1.29, 1.82) is 0 Å². The second-order valence-corrected chi connectivity index (χ2v) is 5.32. The Balaban J connectivity index is 1.92. The van der Waals surface area contributed by atoms with Gasteiger partial charge in [-0.2, -0.15) is 0 Å². The zero-order valence-electron chi connectivity index (χ0n) is 9.80. The van der Waals surface area contributed by atoms with E-state index < -0.39 is 0 Å². The molecule has 1 atom stereocenters. The van der Waals surface area contributed by atoms with Gasteiger partial charge in [0.05, 0.1) is 0 Å². The molecule has 1 fully saturated rings. The molecule has 1 aromatic carbocycles. The van der Waals surface area contributed by atoms with E-state index in [2.05, 4.69) is 37.4 Å². The summed E-state index contributed by atoms with van der Waals surface area (Å²) in [6.45, 7) is 7.57. The first-order valence-corrected chi connectivity index (χ1v) is 5.57. The molecule has 0 heterocycles. The van der Waals surface area contributed by atoms with Crippen LogP contribution in [0.25, 0.3) is 0 Å². The molecule has 1 unspecified atom stereocenters. The summed E-state index contributed by atoms with van der Waals surface area (Å²) in [6.07, 6.45) is 1.29. The van der Waals surface area contributed by atoms with Gasteiger partial charge >= 0.3 is 0 Å². The lowest BCUT2D eigenvalue weighted by molar-refractivity contribution is 0.542. The van der Waals surface area contributed by atoms with Gasteiger partial charge in [-0.3, -0.25) is 0 Å². The van der Waals surface area contributed by atoms with Crippen LogP contribution in [0.1, 0.15) is 31.4 Å². The van der Waals surface area contributed by atoms with Crippen molar-refractivity contribution >= 4 is 5.69 Å². The van der Waals surface area contributed by atoms with Crippen molar-refractivity contribution in [2.45, 2.75) is 39.8 Å². The average molecular weight is 204 g/mol. The molecule has 2 heteroatoms. The van der Waals surface area contributed by atoms with Gasteiger partial charge in [-0.25, -0.2) is 0 Å². The van der Waals surface area contributed by atoms with Crippen LogP contribution in [0.2, 0.25) is 0 Å². The van der Waals surface area contributed by atoms with Gasteiger partial charge in [0.2, 0.25) is 0 Å². The molecule has 0 bridgehead atoms. The molecule has 0 aromatic heterocycles. The summed E-state index contributed by atoms with van der Waals surface area (Å²) in [7, 11) is 0. The number of anilines is 1. The summed E-state index contributed by atoms with van der Waals surface area (Å²) in [5, 5.41) is 3.55. The van der Waals surface area contributed by atoms with Gasteiger partial charge in [0.1, 0.15) is 0 Å². The Hall–Kier alpha value is -1.02. The molecular weight excluding hydrogens is 184 g/mol. The number of aryl methyl sites for hydroxylation is 1. The number of nitrogen functional groups attached to an aromatic ring is 1. The zero-order valence-corrected chi connectivity index (χ0v) is 9.80. The summed E-state index contributed by atoms with van der Waals surface area (Å²) in [5.74, 6) is 0. The third kappa shape index (κ3) is 2.32. The first-order chi connectivity index (χ1) is 6.99. The minimum atomic E-state index is 0.496. The van der Waals surface area contributed by atoms with Crippen LogP contribution in [-0.2, 0) is 6.54 Å². The molecule has 1 aliphatic carbocycles. The minimum Gasteiger partial charge on any atom is -0.399 e. The average Bonchev–Trinajstić information content (AvgIpc) is 2.77. The van der Waals surface area contributed by atoms with Crippen LogP contribution in [0.15, 0.2) is 18.2 Å². The molecule has 1 saturated carbocycles. The van der Waals surface area contributed by atoms with Gasteiger partial charge in [-0.15, -0.1) is 0 Å². The number of benzene rings is 1. The Morgan fingerprint density at radius 2 is 2.13 bits per heavy atom. The Morgan fingerprint density at radius 1 is 1.47 bits per heavy atom. The highest BCUT2D eigenvalue weighted by molar-refractivity contribution is 5.48. The van der Waals surface area contributed by atoms with E-state index in [9.17, 15) is 0 Å². The molecule has 82 valence electrons. The molecule has 3 N–H and O–H groups in total. The summed E-state index contributed by atoms with van der Waals surface area (Å²) in [6, 6.07) is 6.98. The smallest absolute Gasteiger partial charge is 0.0346 e. The van der Waals surface area contributed by atoms with Crippen LogP contribution in [0.5, 0.6) is 0 Å². The second-order valence-electron chi connectivity index (χ2n) is 5.32. The van der Waals surface area contributed by atoms with Gasteiger partial charge in [-0.1, -0.05) is 26.0 Å². The molecule has 15 heavy (non-hydrogen) atoms. The third-order valence-electron chi connectivity index (χ3n) is 3.41. The lowest BCUT2D eigenvalue weighted by atomic mass is 10.1. The molecule has 0 amide bonds. The van der Waals surface area contributed by atoms with Crippen LogP contribution >= 0.6 is 0 Å². The Bertz CT molecular complexity index is 369. The Kier molecular flexibility index (Phi) is 2.47. The molecule has 0 spiro atoms. The summed E-state index contributed by atoms with van der Waals surface area (Å²) in [5.41, 5.74) is 9.69. The molecule has 2 rings (SSSR count). The third-order valence-corrected chi connectivity index (χ3v) is 3.41. The van der Waals surface area contributed by atoms with Crippen LogP contribution < -0.4 is 11.1 Å². The Morgan fingerprint density at radius 3 is 2.67 bits per heavy atom. The minimum absolute atomic E-state index is 0.496. The lowest BCUT2D eigenvalue weighted by Crippen LogP contribution is -2.19. The van der Waals surface area contributed by atoms with E-state index in [1.54, 1.807) is 0 Å². The van der Waals surface area contributed by atoms with Gasteiger partial charge in [-0.05, 0) is 36.0 Å². The molecule has 0 radical (unpaired) electrons. The summed E-state index contributed by atoms with van der Waals surface area (Å²) in [4.78, 5) is 0. The van der Waals surface area contributed by atoms with E-state index in [1.807, 2.05) is 6.92 Å². The normalized spacial score (nSPS) is 22.7. The molecular formula is C13H20N2. The Labute approximate surface area is 91.9 Å². The first-order valence-electron chi connectivity index (χ1n) is 5.57. The number of rotatable bonds is 3. The van der Waals surface area contributed by atoms with Crippen LogP contribution in [0.3, 0.4) is 0 Å². The van der Waals surface area contributed by atoms with Crippen molar-refractivity contribution in [2.24, 2.45) is 5.41 Å². The van der Waals surface area contributed by atoms with Gasteiger partial charge < -0.3 is 11.1 Å². The van der Waals surface area contributed by atoms with Crippen molar-refractivity contribution in [1.82, 2.24) is 5.32 Å². The number of nitrogens with one attached hydrogen (secondary N) is 1. The molecule has 1 aromatic rings. The monoisotopic (exact) mass is 204 g/mol. The maximum absolute atomic E-state index is 5.87. The van der Waals surface area contributed by atoms with Gasteiger partial charge in [0, 0.05) is 18.3 Å². The summed E-state index contributed by atoms with van der Waals surface area (Å²) < 4.78 is 0. The number of nitrogens with two attached hydrogens (primary N) is 1. The lowest BCUT2D eigenvalue weighted by Gasteiger charge is -2.08. The fourth-order valence-corrected chi connectivity index (χ4v) is 1.86. The fraction of sp³-hybridized carbons (Fsp3) is 0.538. The highest BCUT2D eigenvalue weighted by atomic mass is 15.0. The van der Waals surface area contributed by atoms with E-state index in [1.165, 1.54) is 12.0 Å². The van der Waals surface area contributed by atoms with Gasteiger partial charge in [0.15, 0.2) is 0 Å². The molecule has 0 saturated heterocycles. The van der Waals surface area contributed by atoms with Crippen LogP contribution in [-0.4, -0.2) is 6.04 Å². The molecule has 0 aliphatic heterocycles. The van der Waals surface area contributed by atoms with Crippen molar-refractivity contribution in [3.8, 4) is 0 Å². The number of hydrogen-bond donors (Lipinski definition) is 2. The SMILES string of the molecule is Cc1ccc(CNC2CC2(C)C)cc1N. The number of hydrogen-bond acceptors (Lipinski definition) is 2. The maximum Gasteiger partial charge on any atom is 0.0346 e. The fourth-order valence-electron chi connectivity index (χ4n) is 1.86. The van der Waals surface area contributed by atoms with Crippen LogP contribution in [0.4, 0.5) is 5.69 Å². The van der Waals surface area contributed by atoms with Crippen molar-refractivity contribution in [3.05, 3.63) is 29.3 Å². The zero-order chi connectivity index (χ0) is 11.1. The summed E-state index contributed by atoms with van der Waals surface area (Å²) >= 11 is 0. The second kappa shape index (κ2) is 3.53. The largest absolute Gasteiger partial charge is 0.399 e. The van der Waals surface area contributed by atoms with Crippen LogP contribution in [0, 0.1) is 12.3 Å². The maximum atomic E-state index is 5.87. The predicted molar refractivity (Wildman–Crippen MR) is 64.6 cm³/mol. The van der Waals surface area contributed by atoms with E-state index >= 15 is 0 Å². The van der Waals surface area contributed by atoms with Crippen molar-refractivity contribution in [2.75, 3.05) is 5.73 Å². The predicted octanol–water partition coefficient (Wildman–Crippen LogP) is 2.47. The standard InChI is InChI=1S/C13H20N2/c1-9-4-5-10(6-11(9)14)8-15-12-7-13(12,2)3/h4-6,12,15H,7-8,14H2,1-3H3. The van der Waals surface area contributed by atoms with E-state index in [-0.39, 0.29) is 0 Å². The highest BCUT2D eigenvalue weighted by Gasteiger charge is 2.44. The highest BCUT2D eigenvalue weighted by Crippen LogP contribution is 2.44. The van der Waals surface area contributed by atoms with E-state index in [0.29, 0.717) is 11.5 Å². The van der Waals surface area contributed by atoms with E-state index in [0.717, 1.165) is 17.8 Å². The van der Waals surface area contributed by atoms with Crippen molar-refractivity contribution < 1.29 is 0 Å². The quantitative estimate of drug-likeness (QED) is 0.742. The molecule has 1 aliphatic rings.